The highest BCUT2D eigenvalue weighted by molar-refractivity contribution is 9.13. The van der Waals surface area contributed by atoms with Gasteiger partial charge in [0.25, 0.3) is 5.91 Å². The number of likely N-dealkylation sites (N-methyl/N-ethyl adjacent to an activating group) is 1. The van der Waals surface area contributed by atoms with Crippen molar-refractivity contribution in [3.05, 3.63) is 32.8 Å². The second-order valence-electron chi connectivity index (χ2n) is 5.90. The summed E-state index contributed by atoms with van der Waals surface area (Å²) in [4.78, 5) is 31.7. The molecule has 0 saturated carbocycles. The molecule has 0 radical (unpaired) electrons. The first-order valence-corrected chi connectivity index (χ1v) is 8.97. The summed E-state index contributed by atoms with van der Waals surface area (Å²) >= 11 is 6.94. The molecule has 7 heteroatoms. The Labute approximate surface area is 151 Å². The quantitative estimate of drug-likeness (QED) is 0.774. The van der Waals surface area contributed by atoms with Crippen LogP contribution >= 0.6 is 31.9 Å². The van der Waals surface area contributed by atoms with Crippen LogP contribution in [0.3, 0.4) is 0 Å². The molecule has 1 N–H and O–H groups in total. The van der Waals surface area contributed by atoms with E-state index in [1.165, 1.54) is 0 Å². The first-order chi connectivity index (χ1) is 10.9. The molecule has 1 unspecified atom stereocenters. The van der Waals surface area contributed by atoms with Gasteiger partial charge >= 0.3 is 0 Å². The standard InChI is InChI=1S/C16H17Br2N3O2/c1-20(2)16(23)14-4-3-5-21(14)15(22)10-8-19-13-7-12(18)11(17)6-9(10)13/h6-8,14,19H,3-5H2,1-2H3. The Hall–Kier alpha value is -1.34. The zero-order valence-electron chi connectivity index (χ0n) is 12.9. The molecule has 122 valence electrons. The van der Waals surface area contributed by atoms with Gasteiger partial charge in [0.2, 0.25) is 5.91 Å². The number of carbonyl (C=O) groups excluding carboxylic acids is 2. The summed E-state index contributed by atoms with van der Waals surface area (Å²) in [6.07, 6.45) is 3.30. The van der Waals surface area contributed by atoms with Crippen LogP contribution in [0, 0.1) is 0 Å². The van der Waals surface area contributed by atoms with Crippen LogP contribution in [0.1, 0.15) is 23.2 Å². The van der Waals surface area contributed by atoms with Crippen LogP contribution in [-0.4, -0.2) is 53.3 Å². The van der Waals surface area contributed by atoms with E-state index < -0.39 is 0 Å². The van der Waals surface area contributed by atoms with Crippen molar-refractivity contribution in [2.45, 2.75) is 18.9 Å². The highest BCUT2D eigenvalue weighted by Crippen LogP contribution is 2.31. The lowest BCUT2D eigenvalue weighted by atomic mass is 10.1. The zero-order valence-corrected chi connectivity index (χ0v) is 16.1. The molecule has 1 aliphatic rings. The Balaban J connectivity index is 1.97. The van der Waals surface area contributed by atoms with Crippen LogP contribution in [-0.2, 0) is 4.79 Å². The molecule has 2 heterocycles. The highest BCUT2D eigenvalue weighted by atomic mass is 79.9. The molecule has 5 nitrogen and oxygen atoms in total. The van der Waals surface area contributed by atoms with E-state index in [0.29, 0.717) is 12.1 Å². The van der Waals surface area contributed by atoms with Gasteiger partial charge in [-0.2, -0.15) is 0 Å². The van der Waals surface area contributed by atoms with Crippen LogP contribution in [0.5, 0.6) is 0 Å². The molecule has 0 aliphatic carbocycles. The normalized spacial score (nSPS) is 17.7. The van der Waals surface area contributed by atoms with Crippen LogP contribution in [0.15, 0.2) is 27.3 Å². The molecular weight excluding hydrogens is 426 g/mol. The predicted octanol–water partition coefficient (Wildman–Crippen LogP) is 3.39. The van der Waals surface area contributed by atoms with Crippen LogP contribution in [0.25, 0.3) is 10.9 Å². The molecule has 1 saturated heterocycles. The molecule has 1 aromatic carbocycles. The second kappa shape index (κ2) is 6.28. The first-order valence-electron chi connectivity index (χ1n) is 7.38. The van der Waals surface area contributed by atoms with Crippen molar-refractivity contribution in [1.82, 2.24) is 14.8 Å². The van der Waals surface area contributed by atoms with Gasteiger partial charge in [-0.05, 0) is 56.8 Å². The summed E-state index contributed by atoms with van der Waals surface area (Å²) in [5.41, 5.74) is 1.49. The number of carbonyl (C=O) groups is 2. The maximum absolute atomic E-state index is 13.0. The lowest BCUT2D eigenvalue weighted by molar-refractivity contribution is -0.132. The highest BCUT2D eigenvalue weighted by Gasteiger charge is 2.36. The monoisotopic (exact) mass is 441 g/mol. The van der Waals surface area contributed by atoms with E-state index in [9.17, 15) is 9.59 Å². The average molecular weight is 443 g/mol. The van der Waals surface area contributed by atoms with Gasteiger partial charge in [-0.1, -0.05) is 0 Å². The Morgan fingerprint density at radius 3 is 2.65 bits per heavy atom. The summed E-state index contributed by atoms with van der Waals surface area (Å²) in [5, 5.41) is 0.855. The number of amides is 2. The van der Waals surface area contributed by atoms with Crippen LogP contribution in [0.2, 0.25) is 0 Å². The molecule has 1 atom stereocenters. The summed E-state index contributed by atoms with van der Waals surface area (Å²) in [6.45, 7) is 0.619. The Kier molecular flexibility index (Phi) is 4.51. The Morgan fingerprint density at radius 1 is 1.26 bits per heavy atom. The molecular formula is C16H17Br2N3O2. The third-order valence-electron chi connectivity index (χ3n) is 4.19. The number of aromatic amines is 1. The number of rotatable bonds is 2. The van der Waals surface area contributed by atoms with Crippen molar-refractivity contribution in [2.75, 3.05) is 20.6 Å². The molecule has 23 heavy (non-hydrogen) atoms. The van der Waals surface area contributed by atoms with Gasteiger partial charge in [-0.15, -0.1) is 0 Å². The fourth-order valence-corrected chi connectivity index (χ4v) is 3.70. The molecule has 1 aromatic heterocycles. The number of benzene rings is 1. The molecule has 0 spiro atoms. The Morgan fingerprint density at radius 2 is 1.96 bits per heavy atom. The van der Waals surface area contributed by atoms with Crippen molar-refractivity contribution >= 4 is 54.6 Å². The largest absolute Gasteiger partial charge is 0.360 e. The molecule has 1 aliphatic heterocycles. The fourth-order valence-electron chi connectivity index (χ4n) is 3.01. The number of halogens is 2. The second-order valence-corrected chi connectivity index (χ2v) is 7.61. The number of H-pyrrole nitrogens is 1. The van der Waals surface area contributed by atoms with Crippen molar-refractivity contribution in [2.24, 2.45) is 0 Å². The van der Waals surface area contributed by atoms with Gasteiger partial charge in [0.1, 0.15) is 6.04 Å². The molecule has 2 aromatic rings. The third-order valence-corrected chi connectivity index (χ3v) is 6.04. The topological polar surface area (TPSA) is 56.4 Å². The van der Waals surface area contributed by atoms with Crippen molar-refractivity contribution in [1.29, 1.82) is 0 Å². The van der Waals surface area contributed by atoms with Gasteiger partial charge in [-0.25, -0.2) is 0 Å². The number of nitrogens with zero attached hydrogens (tertiary/aromatic N) is 2. The number of hydrogen-bond donors (Lipinski definition) is 1. The van der Waals surface area contributed by atoms with E-state index in [0.717, 1.165) is 32.7 Å². The zero-order chi connectivity index (χ0) is 16.7. The van der Waals surface area contributed by atoms with E-state index in [-0.39, 0.29) is 17.9 Å². The SMILES string of the molecule is CN(C)C(=O)C1CCCN1C(=O)c1c[nH]c2cc(Br)c(Br)cc12. The number of fused-ring (bicyclic) bond motifs is 1. The van der Waals surface area contributed by atoms with E-state index >= 15 is 0 Å². The number of likely N-dealkylation sites (tertiary alicyclic amines) is 1. The Bertz CT molecular complexity index is 785. The van der Waals surface area contributed by atoms with E-state index in [1.54, 1.807) is 30.1 Å². The summed E-state index contributed by atoms with van der Waals surface area (Å²) in [6, 6.07) is 3.49. The number of aromatic nitrogens is 1. The van der Waals surface area contributed by atoms with Crippen LogP contribution < -0.4 is 0 Å². The lowest BCUT2D eigenvalue weighted by Gasteiger charge is -2.26. The van der Waals surface area contributed by atoms with Crippen LogP contribution in [0.4, 0.5) is 0 Å². The van der Waals surface area contributed by atoms with E-state index in [4.69, 9.17) is 0 Å². The number of nitrogens with one attached hydrogen (secondary N) is 1. The summed E-state index contributed by atoms with van der Waals surface area (Å²) in [5.74, 6) is -0.109. The third kappa shape index (κ3) is 2.92. The van der Waals surface area contributed by atoms with Crippen molar-refractivity contribution in [3.8, 4) is 0 Å². The maximum atomic E-state index is 13.0. The van der Waals surface area contributed by atoms with Crippen molar-refractivity contribution < 1.29 is 9.59 Å². The minimum Gasteiger partial charge on any atom is -0.360 e. The van der Waals surface area contributed by atoms with Gasteiger partial charge in [0.15, 0.2) is 0 Å². The molecule has 2 amide bonds. The van der Waals surface area contributed by atoms with Gasteiger partial charge in [-0.3, -0.25) is 9.59 Å². The minimum absolute atomic E-state index is 0.0142. The maximum Gasteiger partial charge on any atom is 0.256 e. The average Bonchev–Trinajstić information content (AvgIpc) is 3.13. The first kappa shape index (κ1) is 16.5. The van der Waals surface area contributed by atoms with E-state index in [2.05, 4.69) is 36.8 Å². The van der Waals surface area contributed by atoms with E-state index in [1.807, 2.05) is 12.1 Å². The van der Waals surface area contributed by atoms with Crippen molar-refractivity contribution in [3.63, 3.8) is 0 Å². The lowest BCUT2D eigenvalue weighted by Crippen LogP contribution is -2.45. The van der Waals surface area contributed by atoms with Gasteiger partial charge in [0.05, 0.1) is 5.56 Å². The fraction of sp³-hybridized carbons (Fsp3) is 0.375. The van der Waals surface area contributed by atoms with Gasteiger partial charge in [0, 0.05) is 46.7 Å². The van der Waals surface area contributed by atoms with Gasteiger partial charge < -0.3 is 14.8 Å². The smallest absolute Gasteiger partial charge is 0.256 e. The summed E-state index contributed by atoms with van der Waals surface area (Å²) < 4.78 is 1.81. The molecule has 3 rings (SSSR count). The minimum atomic E-state index is -0.360. The molecule has 0 bridgehead atoms. The summed E-state index contributed by atoms with van der Waals surface area (Å²) in [7, 11) is 3.45. The molecule has 1 fully saturated rings. The number of hydrogen-bond acceptors (Lipinski definition) is 2. The predicted molar refractivity (Wildman–Crippen MR) is 96.5 cm³/mol.